The van der Waals surface area contributed by atoms with E-state index in [-0.39, 0.29) is 17.0 Å². The monoisotopic (exact) mass is 243 g/mol. The van der Waals surface area contributed by atoms with E-state index < -0.39 is 23.7 Å². The van der Waals surface area contributed by atoms with Crippen LogP contribution >= 0.6 is 0 Å². The topological polar surface area (TPSA) is 113 Å². The van der Waals surface area contributed by atoms with Crippen LogP contribution in [0, 0.1) is 10.1 Å². The van der Waals surface area contributed by atoms with Gasteiger partial charge in [-0.05, 0) is 11.6 Å². The van der Waals surface area contributed by atoms with E-state index in [0.29, 0.717) is 0 Å². The fraction of sp³-hybridized carbons (Fsp3) is 0.400. The lowest BCUT2D eigenvalue weighted by Crippen LogP contribution is -2.22. The second-order valence-electron chi connectivity index (χ2n) is 3.42. The largest absolute Gasteiger partial charge is 0.496 e. The maximum absolute atomic E-state index is 10.6. The van der Waals surface area contributed by atoms with Gasteiger partial charge in [-0.15, -0.1) is 0 Å². The highest BCUT2D eigenvalue weighted by Gasteiger charge is 2.21. The molecule has 1 aromatic rings. The van der Waals surface area contributed by atoms with Gasteiger partial charge in [0.15, 0.2) is 0 Å². The Bertz CT molecular complexity index is 408. The first-order valence-electron chi connectivity index (χ1n) is 4.80. The summed E-state index contributed by atoms with van der Waals surface area (Å²) >= 11 is 0. The van der Waals surface area contributed by atoms with Gasteiger partial charge in [-0.1, -0.05) is 0 Å². The van der Waals surface area contributed by atoms with Crippen LogP contribution in [0.4, 0.5) is 5.69 Å². The second-order valence-corrected chi connectivity index (χ2v) is 3.42. The van der Waals surface area contributed by atoms with Crippen molar-refractivity contribution < 1.29 is 25.0 Å². The third kappa shape index (κ3) is 3.13. The number of nitrogens with zero attached hydrogens (tertiary/aromatic N) is 1. The molecule has 2 unspecified atom stereocenters. The molecule has 0 spiro atoms. The van der Waals surface area contributed by atoms with Crippen molar-refractivity contribution in [2.45, 2.75) is 12.2 Å². The molecule has 0 amide bonds. The van der Waals surface area contributed by atoms with Crippen molar-refractivity contribution >= 4 is 5.69 Å². The molecule has 0 aliphatic rings. The van der Waals surface area contributed by atoms with E-state index in [1.54, 1.807) is 0 Å². The number of aliphatic hydroxyl groups is 3. The Kier molecular flexibility index (Phi) is 4.38. The molecule has 7 nitrogen and oxygen atoms in total. The van der Waals surface area contributed by atoms with Crippen molar-refractivity contribution in [2.24, 2.45) is 0 Å². The van der Waals surface area contributed by atoms with Crippen molar-refractivity contribution in [1.29, 1.82) is 0 Å². The van der Waals surface area contributed by atoms with E-state index in [4.69, 9.17) is 9.84 Å². The summed E-state index contributed by atoms with van der Waals surface area (Å²) in [6.07, 6.45) is -2.81. The van der Waals surface area contributed by atoms with Crippen molar-refractivity contribution in [1.82, 2.24) is 0 Å². The Morgan fingerprint density at radius 2 is 2.06 bits per heavy atom. The molecule has 3 N–H and O–H groups in total. The molecule has 0 saturated heterocycles. The van der Waals surface area contributed by atoms with Gasteiger partial charge in [0.1, 0.15) is 18.0 Å². The van der Waals surface area contributed by atoms with Crippen LogP contribution in [0.25, 0.3) is 0 Å². The number of rotatable bonds is 5. The predicted octanol–water partition coefficient (Wildman–Crippen LogP) is -0.0100. The van der Waals surface area contributed by atoms with Crippen LogP contribution in [0.3, 0.4) is 0 Å². The predicted molar refractivity (Wildman–Crippen MR) is 57.7 cm³/mol. The number of hydrogen-bond donors (Lipinski definition) is 3. The smallest absolute Gasteiger partial charge is 0.273 e. The fourth-order valence-electron chi connectivity index (χ4n) is 1.32. The van der Waals surface area contributed by atoms with Crippen molar-refractivity contribution in [3.8, 4) is 5.75 Å². The summed E-state index contributed by atoms with van der Waals surface area (Å²) < 4.78 is 4.85. The van der Waals surface area contributed by atoms with Gasteiger partial charge in [-0.3, -0.25) is 10.1 Å². The van der Waals surface area contributed by atoms with Crippen LogP contribution in [-0.4, -0.2) is 40.1 Å². The second kappa shape index (κ2) is 5.58. The highest BCUT2D eigenvalue weighted by Crippen LogP contribution is 2.27. The maximum atomic E-state index is 10.6. The molecule has 0 saturated carbocycles. The normalized spacial score (nSPS) is 14.1. The van der Waals surface area contributed by atoms with Crippen LogP contribution in [0.15, 0.2) is 18.2 Å². The van der Waals surface area contributed by atoms with Crippen molar-refractivity contribution in [3.05, 3.63) is 33.9 Å². The SMILES string of the molecule is COc1cc(C(O)C(O)CO)cc([N+](=O)[O-])c1. The minimum absolute atomic E-state index is 0.109. The first-order valence-corrected chi connectivity index (χ1v) is 4.80. The Morgan fingerprint density at radius 1 is 1.41 bits per heavy atom. The Labute approximate surface area is 97.0 Å². The van der Waals surface area contributed by atoms with Crippen LogP contribution in [0.1, 0.15) is 11.7 Å². The molecule has 94 valence electrons. The molecule has 0 fully saturated rings. The van der Waals surface area contributed by atoms with Gasteiger partial charge in [-0.2, -0.15) is 0 Å². The third-order valence-corrected chi connectivity index (χ3v) is 2.25. The number of non-ortho nitro benzene ring substituents is 1. The number of ether oxygens (including phenoxy) is 1. The molecule has 1 aromatic carbocycles. The van der Waals surface area contributed by atoms with Crippen LogP contribution in [0.5, 0.6) is 5.75 Å². The standard InChI is InChI=1S/C10H13NO6/c1-17-8-3-6(10(14)9(13)5-12)2-7(4-8)11(15)16/h2-4,9-10,12-14H,5H2,1H3. The van der Waals surface area contributed by atoms with E-state index in [0.717, 1.165) is 6.07 Å². The molecule has 0 aliphatic heterocycles. The molecule has 0 heterocycles. The van der Waals surface area contributed by atoms with Gasteiger partial charge in [0.05, 0.1) is 24.7 Å². The Balaban J connectivity index is 3.14. The van der Waals surface area contributed by atoms with Crippen molar-refractivity contribution in [3.63, 3.8) is 0 Å². The van der Waals surface area contributed by atoms with Crippen LogP contribution in [-0.2, 0) is 0 Å². The average Bonchev–Trinajstić information content (AvgIpc) is 2.36. The maximum Gasteiger partial charge on any atom is 0.273 e. The quantitative estimate of drug-likeness (QED) is 0.495. The molecular formula is C10H13NO6. The molecule has 0 aliphatic carbocycles. The van der Waals surface area contributed by atoms with Gasteiger partial charge in [0, 0.05) is 6.07 Å². The molecule has 0 radical (unpaired) electrons. The van der Waals surface area contributed by atoms with E-state index in [2.05, 4.69) is 0 Å². The number of nitro groups is 1. The zero-order valence-electron chi connectivity index (χ0n) is 9.11. The zero-order chi connectivity index (χ0) is 13.0. The summed E-state index contributed by atoms with van der Waals surface area (Å²) in [6, 6.07) is 3.67. The van der Waals surface area contributed by atoms with Gasteiger partial charge >= 0.3 is 0 Å². The summed E-state index contributed by atoms with van der Waals surface area (Å²) in [5.41, 5.74) is -0.152. The summed E-state index contributed by atoms with van der Waals surface area (Å²) in [5, 5.41) is 38.2. The number of aliphatic hydroxyl groups excluding tert-OH is 3. The molecule has 2 atom stereocenters. The summed E-state index contributed by atoms with van der Waals surface area (Å²) in [7, 11) is 1.33. The molecule has 7 heteroatoms. The lowest BCUT2D eigenvalue weighted by atomic mass is 10.0. The van der Waals surface area contributed by atoms with Gasteiger partial charge in [0.2, 0.25) is 0 Å². The molecule has 0 aromatic heterocycles. The molecule has 17 heavy (non-hydrogen) atoms. The first kappa shape index (κ1) is 13.4. The Morgan fingerprint density at radius 3 is 2.53 bits per heavy atom. The lowest BCUT2D eigenvalue weighted by Gasteiger charge is -2.16. The average molecular weight is 243 g/mol. The van der Waals surface area contributed by atoms with Gasteiger partial charge in [-0.25, -0.2) is 0 Å². The van der Waals surface area contributed by atoms with Crippen molar-refractivity contribution in [2.75, 3.05) is 13.7 Å². The van der Waals surface area contributed by atoms with Crippen LogP contribution < -0.4 is 4.74 Å². The van der Waals surface area contributed by atoms with E-state index in [9.17, 15) is 20.3 Å². The summed E-state index contributed by atoms with van der Waals surface area (Å²) in [6.45, 7) is -0.647. The summed E-state index contributed by atoms with van der Waals surface area (Å²) in [5.74, 6) is 0.193. The number of nitro benzene ring substituents is 1. The van der Waals surface area contributed by atoms with E-state index in [1.807, 2.05) is 0 Å². The lowest BCUT2D eigenvalue weighted by molar-refractivity contribution is -0.385. The van der Waals surface area contributed by atoms with Gasteiger partial charge < -0.3 is 20.1 Å². The summed E-state index contributed by atoms with van der Waals surface area (Å²) in [4.78, 5) is 10.0. The highest BCUT2D eigenvalue weighted by molar-refractivity contribution is 5.43. The van der Waals surface area contributed by atoms with E-state index >= 15 is 0 Å². The number of benzene rings is 1. The number of hydrogen-bond acceptors (Lipinski definition) is 6. The molecule has 1 rings (SSSR count). The molecule has 0 bridgehead atoms. The van der Waals surface area contributed by atoms with Gasteiger partial charge in [0.25, 0.3) is 5.69 Å². The minimum atomic E-state index is -1.41. The van der Waals surface area contributed by atoms with E-state index in [1.165, 1.54) is 19.2 Å². The molecular weight excluding hydrogens is 230 g/mol. The minimum Gasteiger partial charge on any atom is -0.496 e. The zero-order valence-corrected chi connectivity index (χ0v) is 9.11. The third-order valence-electron chi connectivity index (χ3n) is 2.25. The van der Waals surface area contributed by atoms with Crippen LogP contribution in [0.2, 0.25) is 0 Å². The highest BCUT2D eigenvalue weighted by atomic mass is 16.6. The fourth-order valence-corrected chi connectivity index (χ4v) is 1.32. The number of methoxy groups -OCH3 is 1. The Hall–Kier alpha value is -1.70. The first-order chi connectivity index (χ1) is 7.99.